The van der Waals surface area contributed by atoms with Gasteiger partial charge < -0.3 is 10.6 Å². The van der Waals surface area contributed by atoms with E-state index in [1.807, 2.05) is 0 Å². The Morgan fingerprint density at radius 3 is 2.71 bits per heavy atom. The van der Waals surface area contributed by atoms with Gasteiger partial charge in [0.25, 0.3) is 0 Å². The summed E-state index contributed by atoms with van der Waals surface area (Å²) in [5.41, 5.74) is 8.67. The topological polar surface area (TPSA) is 55.0 Å². The minimum atomic E-state index is -0.0391. The van der Waals surface area contributed by atoms with E-state index in [0.717, 1.165) is 31.7 Å². The van der Waals surface area contributed by atoms with Gasteiger partial charge in [-0.1, -0.05) is 6.42 Å². The largest absolute Gasteiger partial charge is 0.352 e. The highest BCUT2D eigenvalue weighted by Crippen LogP contribution is 2.31. The van der Waals surface area contributed by atoms with Gasteiger partial charge in [-0.25, -0.2) is 9.97 Å². The minimum Gasteiger partial charge on any atom is -0.352 e. The SMILES string of the molecule is CC1(N)CN(c2ncnc3c2CCCCC3)C1. The molecular weight excluding hydrogens is 212 g/mol. The predicted octanol–water partition coefficient (Wildman–Crippen LogP) is 1.28. The number of hydrogen-bond acceptors (Lipinski definition) is 4. The normalized spacial score (nSPS) is 22.6. The Balaban J connectivity index is 1.90. The lowest BCUT2D eigenvalue weighted by Gasteiger charge is -2.46. The molecule has 1 saturated heterocycles. The third-order valence-corrected chi connectivity index (χ3v) is 3.76. The summed E-state index contributed by atoms with van der Waals surface area (Å²) in [6.45, 7) is 3.93. The molecule has 2 heterocycles. The van der Waals surface area contributed by atoms with Crippen LogP contribution in [0.1, 0.15) is 37.4 Å². The molecule has 0 radical (unpaired) electrons. The molecular formula is C13H20N4. The number of nitrogens with two attached hydrogens (primary N) is 1. The van der Waals surface area contributed by atoms with E-state index in [1.54, 1.807) is 6.33 Å². The van der Waals surface area contributed by atoms with Gasteiger partial charge >= 0.3 is 0 Å². The van der Waals surface area contributed by atoms with Crippen molar-refractivity contribution in [3.05, 3.63) is 17.6 Å². The van der Waals surface area contributed by atoms with Gasteiger partial charge in [-0.15, -0.1) is 0 Å². The highest BCUT2D eigenvalue weighted by Gasteiger charge is 2.37. The highest BCUT2D eigenvalue weighted by atomic mass is 15.3. The van der Waals surface area contributed by atoms with Crippen molar-refractivity contribution in [3.63, 3.8) is 0 Å². The number of anilines is 1. The first-order valence-corrected chi connectivity index (χ1v) is 6.52. The molecule has 1 aliphatic heterocycles. The first-order valence-electron chi connectivity index (χ1n) is 6.52. The van der Waals surface area contributed by atoms with Gasteiger partial charge in [0.2, 0.25) is 0 Å². The zero-order valence-electron chi connectivity index (χ0n) is 10.4. The Hall–Kier alpha value is -1.16. The van der Waals surface area contributed by atoms with Crippen LogP contribution in [0.2, 0.25) is 0 Å². The van der Waals surface area contributed by atoms with Crippen LogP contribution in [0.15, 0.2) is 6.33 Å². The molecule has 92 valence electrons. The average molecular weight is 232 g/mol. The maximum absolute atomic E-state index is 6.07. The van der Waals surface area contributed by atoms with E-state index in [4.69, 9.17) is 5.73 Å². The zero-order valence-corrected chi connectivity index (χ0v) is 10.4. The van der Waals surface area contributed by atoms with Gasteiger partial charge in [0, 0.05) is 29.9 Å². The second kappa shape index (κ2) is 3.95. The Bertz CT molecular complexity index is 419. The zero-order chi connectivity index (χ0) is 11.9. The highest BCUT2D eigenvalue weighted by molar-refractivity contribution is 5.52. The fourth-order valence-electron chi connectivity index (χ4n) is 2.93. The van der Waals surface area contributed by atoms with Crippen molar-refractivity contribution < 1.29 is 0 Å². The number of nitrogens with zero attached hydrogens (tertiary/aromatic N) is 3. The third-order valence-electron chi connectivity index (χ3n) is 3.76. The second-order valence-corrected chi connectivity index (χ2v) is 5.69. The van der Waals surface area contributed by atoms with Gasteiger partial charge in [0.05, 0.1) is 0 Å². The van der Waals surface area contributed by atoms with Crippen LogP contribution in [-0.4, -0.2) is 28.6 Å². The Morgan fingerprint density at radius 1 is 1.18 bits per heavy atom. The Kier molecular flexibility index (Phi) is 2.54. The summed E-state index contributed by atoms with van der Waals surface area (Å²) < 4.78 is 0. The molecule has 2 N–H and O–H groups in total. The van der Waals surface area contributed by atoms with Gasteiger partial charge in [0.15, 0.2) is 0 Å². The van der Waals surface area contributed by atoms with Crippen molar-refractivity contribution >= 4 is 5.82 Å². The van der Waals surface area contributed by atoms with Gasteiger partial charge in [-0.05, 0) is 32.6 Å². The maximum Gasteiger partial charge on any atom is 0.135 e. The van der Waals surface area contributed by atoms with Crippen LogP contribution in [0.3, 0.4) is 0 Å². The molecule has 1 aromatic rings. The van der Waals surface area contributed by atoms with Crippen LogP contribution in [0.4, 0.5) is 5.82 Å². The molecule has 4 heteroatoms. The number of aryl methyl sites for hydroxylation is 1. The van der Waals surface area contributed by atoms with Crippen molar-refractivity contribution in [1.82, 2.24) is 9.97 Å². The van der Waals surface area contributed by atoms with E-state index in [0.29, 0.717) is 0 Å². The summed E-state index contributed by atoms with van der Waals surface area (Å²) in [6.07, 6.45) is 7.79. The van der Waals surface area contributed by atoms with Crippen molar-refractivity contribution in [2.24, 2.45) is 5.73 Å². The summed E-state index contributed by atoms with van der Waals surface area (Å²) >= 11 is 0. The second-order valence-electron chi connectivity index (χ2n) is 5.69. The van der Waals surface area contributed by atoms with E-state index in [2.05, 4.69) is 21.8 Å². The van der Waals surface area contributed by atoms with Gasteiger partial charge in [-0.2, -0.15) is 0 Å². The smallest absolute Gasteiger partial charge is 0.135 e. The minimum absolute atomic E-state index is 0.0391. The standard InChI is InChI=1S/C13H20N4/c1-13(14)7-17(8-13)12-10-5-3-2-4-6-11(10)15-9-16-12/h9H,2-8,14H2,1H3. The Labute approximate surface area is 102 Å². The fourth-order valence-corrected chi connectivity index (χ4v) is 2.93. The molecule has 0 amide bonds. The lowest BCUT2D eigenvalue weighted by Crippen LogP contribution is -2.66. The molecule has 0 saturated carbocycles. The van der Waals surface area contributed by atoms with E-state index >= 15 is 0 Å². The van der Waals surface area contributed by atoms with Crippen molar-refractivity contribution in [2.75, 3.05) is 18.0 Å². The molecule has 0 atom stereocenters. The summed E-state index contributed by atoms with van der Waals surface area (Å²) in [5.74, 6) is 1.14. The van der Waals surface area contributed by atoms with Crippen LogP contribution in [0.5, 0.6) is 0 Å². The number of fused-ring (bicyclic) bond motifs is 1. The fraction of sp³-hybridized carbons (Fsp3) is 0.692. The lowest BCUT2D eigenvalue weighted by molar-refractivity contribution is 0.361. The first kappa shape index (κ1) is 11.0. The summed E-state index contributed by atoms with van der Waals surface area (Å²) in [7, 11) is 0. The average Bonchev–Trinajstić information content (AvgIpc) is 2.50. The monoisotopic (exact) mass is 232 g/mol. The van der Waals surface area contributed by atoms with Gasteiger partial charge in [-0.3, -0.25) is 0 Å². The molecule has 4 nitrogen and oxygen atoms in total. The van der Waals surface area contributed by atoms with Crippen LogP contribution in [0, 0.1) is 0 Å². The van der Waals surface area contributed by atoms with E-state index in [1.165, 1.54) is 30.5 Å². The number of aromatic nitrogens is 2. The third kappa shape index (κ3) is 2.02. The predicted molar refractivity (Wildman–Crippen MR) is 68.1 cm³/mol. The molecule has 1 fully saturated rings. The first-order chi connectivity index (χ1) is 8.16. The van der Waals surface area contributed by atoms with Crippen LogP contribution in [0.25, 0.3) is 0 Å². The molecule has 3 rings (SSSR count). The van der Waals surface area contributed by atoms with Crippen LogP contribution >= 0.6 is 0 Å². The number of rotatable bonds is 1. The van der Waals surface area contributed by atoms with Gasteiger partial charge in [0.1, 0.15) is 12.1 Å². The quantitative estimate of drug-likeness (QED) is 0.741. The molecule has 2 aliphatic rings. The van der Waals surface area contributed by atoms with Crippen molar-refractivity contribution in [1.29, 1.82) is 0 Å². The lowest BCUT2D eigenvalue weighted by atomic mass is 9.93. The maximum atomic E-state index is 6.07. The summed E-state index contributed by atoms with van der Waals surface area (Å²) in [6, 6.07) is 0. The van der Waals surface area contributed by atoms with Crippen molar-refractivity contribution in [2.45, 2.75) is 44.6 Å². The summed E-state index contributed by atoms with van der Waals surface area (Å²) in [4.78, 5) is 11.2. The number of hydrogen-bond donors (Lipinski definition) is 1. The van der Waals surface area contributed by atoms with E-state index in [9.17, 15) is 0 Å². The molecule has 1 aromatic heterocycles. The van der Waals surface area contributed by atoms with E-state index in [-0.39, 0.29) is 5.54 Å². The molecule has 1 aliphatic carbocycles. The molecule has 0 spiro atoms. The summed E-state index contributed by atoms with van der Waals surface area (Å²) in [5, 5.41) is 0. The van der Waals surface area contributed by atoms with Crippen LogP contribution < -0.4 is 10.6 Å². The molecule has 0 aromatic carbocycles. The molecule has 0 bridgehead atoms. The molecule has 0 unspecified atom stereocenters. The van der Waals surface area contributed by atoms with E-state index < -0.39 is 0 Å². The Morgan fingerprint density at radius 2 is 1.94 bits per heavy atom. The van der Waals surface area contributed by atoms with Crippen LogP contribution in [-0.2, 0) is 12.8 Å². The van der Waals surface area contributed by atoms with Crippen molar-refractivity contribution in [3.8, 4) is 0 Å². The molecule has 17 heavy (non-hydrogen) atoms.